The molecule has 1 fully saturated rings. The van der Waals surface area contributed by atoms with Gasteiger partial charge in [0.05, 0.1) is 24.5 Å². The molecule has 1 aliphatic rings. The van der Waals surface area contributed by atoms with E-state index in [4.69, 9.17) is 10.5 Å². The summed E-state index contributed by atoms with van der Waals surface area (Å²) >= 11 is 0. The Morgan fingerprint density at radius 1 is 1.06 bits per heavy atom. The molecule has 0 saturated carbocycles. The summed E-state index contributed by atoms with van der Waals surface area (Å²) in [4.78, 5) is 33.9. The van der Waals surface area contributed by atoms with Gasteiger partial charge in [-0.2, -0.15) is 0 Å². The number of nitrogens with two attached hydrogens (primary N) is 1. The first-order valence-corrected chi connectivity index (χ1v) is 9.68. The van der Waals surface area contributed by atoms with E-state index < -0.39 is 11.7 Å². The van der Waals surface area contributed by atoms with Gasteiger partial charge in [-0.1, -0.05) is 12.1 Å². The van der Waals surface area contributed by atoms with Crippen LogP contribution in [0.25, 0.3) is 11.3 Å². The molecule has 4 rings (SSSR count). The minimum Gasteiger partial charge on any atom is -0.378 e. The normalized spacial score (nSPS) is 13.6. The second-order valence-corrected chi connectivity index (χ2v) is 6.93. The Morgan fingerprint density at radius 3 is 2.48 bits per heavy atom. The number of morpholine rings is 1. The molecule has 0 bridgehead atoms. The smallest absolute Gasteiger partial charge is 0.256 e. The first-order valence-electron chi connectivity index (χ1n) is 9.68. The number of rotatable bonds is 5. The third kappa shape index (κ3) is 4.67. The molecular weight excluding hydrogens is 401 g/mol. The summed E-state index contributed by atoms with van der Waals surface area (Å²) in [6, 6.07) is 12.7. The molecule has 1 aromatic heterocycles. The topological polar surface area (TPSA) is 110 Å². The van der Waals surface area contributed by atoms with Crippen molar-refractivity contribution in [2.24, 2.45) is 5.73 Å². The summed E-state index contributed by atoms with van der Waals surface area (Å²) in [5, 5.41) is 2.95. The third-order valence-electron chi connectivity index (χ3n) is 4.87. The number of hydrogen-bond acceptors (Lipinski definition) is 6. The number of primary amides is 1. The van der Waals surface area contributed by atoms with Crippen LogP contribution in [0.5, 0.6) is 0 Å². The van der Waals surface area contributed by atoms with Crippen LogP contribution >= 0.6 is 0 Å². The Balaban J connectivity index is 1.50. The Morgan fingerprint density at radius 2 is 1.81 bits per heavy atom. The van der Waals surface area contributed by atoms with Crippen LogP contribution in [0.2, 0.25) is 0 Å². The molecule has 2 amide bonds. The highest BCUT2D eigenvalue weighted by atomic mass is 19.1. The summed E-state index contributed by atoms with van der Waals surface area (Å²) < 4.78 is 19.8. The molecule has 8 nitrogen and oxygen atoms in total. The Bertz CT molecular complexity index is 1110. The number of aromatic nitrogens is 2. The van der Waals surface area contributed by atoms with Gasteiger partial charge in [0, 0.05) is 36.1 Å². The summed E-state index contributed by atoms with van der Waals surface area (Å²) in [5.74, 6) is -1.22. The monoisotopic (exact) mass is 421 g/mol. The fraction of sp³-hybridized carbons (Fsp3) is 0.182. The first-order chi connectivity index (χ1) is 15.0. The number of carbonyl (C=O) groups excluding carboxylic acids is 2. The second-order valence-electron chi connectivity index (χ2n) is 6.93. The summed E-state index contributed by atoms with van der Waals surface area (Å²) in [7, 11) is 0. The van der Waals surface area contributed by atoms with Crippen LogP contribution in [-0.4, -0.2) is 53.0 Å². The largest absolute Gasteiger partial charge is 0.378 e. The number of nitrogens with zero attached hydrogens (tertiary/aromatic N) is 3. The molecule has 0 aliphatic carbocycles. The highest BCUT2D eigenvalue weighted by Crippen LogP contribution is 2.22. The van der Waals surface area contributed by atoms with Crippen molar-refractivity contribution in [2.75, 3.05) is 31.6 Å². The molecule has 9 heteroatoms. The fourth-order valence-electron chi connectivity index (χ4n) is 3.22. The van der Waals surface area contributed by atoms with E-state index in [1.165, 1.54) is 12.1 Å². The van der Waals surface area contributed by atoms with Crippen molar-refractivity contribution < 1.29 is 18.7 Å². The number of carbonyl (C=O) groups is 2. The van der Waals surface area contributed by atoms with E-state index in [2.05, 4.69) is 15.3 Å². The molecule has 1 aliphatic heterocycles. The van der Waals surface area contributed by atoms with Gasteiger partial charge in [0.1, 0.15) is 5.82 Å². The highest BCUT2D eigenvalue weighted by molar-refractivity contribution is 5.95. The average Bonchev–Trinajstić information content (AvgIpc) is 2.79. The molecule has 1 saturated heterocycles. The van der Waals surface area contributed by atoms with Crippen molar-refractivity contribution in [3.05, 3.63) is 71.7 Å². The van der Waals surface area contributed by atoms with Gasteiger partial charge in [-0.05, 0) is 36.4 Å². The van der Waals surface area contributed by atoms with Crippen molar-refractivity contribution in [1.82, 2.24) is 14.9 Å². The highest BCUT2D eigenvalue weighted by Gasteiger charge is 2.21. The van der Waals surface area contributed by atoms with Gasteiger partial charge in [-0.15, -0.1) is 0 Å². The molecule has 0 spiro atoms. The van der Waals surface area contributed by atoms with Gasteiger partial charge in [0.2, 0.25) is 11.9 Å². The predicted octanol–water partition coefficient (Wildman–Crippen LogP) is 2.60. The number of ether oxygens (including phenoxy) is 1. The fourth-order valence-corrected chi connectivity index (χ4v) is 3.22. The van der Waals surface area contributed by atoms with Gasteiger partial charge < -0.3 is 20.7 Å². The SMILES string of the molecule is NC(=O)c1ccc(-c2ccnc(Nc3ccc(C(=O)N4CCOCC4)c(F)c3)n2)cc1. The van der Waals surface area contributed by atoms with Gasteiger partial charge in [0.15, 0.2) is 0 Å². The van der Waals surface area contributed by atoms with Crippen molar-refractivity contribution in [1.29, 1.82) is 0 Å². The Labute approximate surface area is 177 Å². The maximum absolute atomic E-state index is 14.6. The zero-order chi connectivity index (χ0) is 21.8. The molecule has 0 unspecified atom stereocenters. The minimum atomic E-state index is -0.625. The quantitative estimate of drug-likeness (QED) is 0.655. The standard InChI is InChI=1S/C22H20FN5O3/c23-18-13-16(5-6-17(18)21(30)28-9-11-31-12-10-28)26-22-25-8-7-19(27-22)14-1-3-15(4-2-14)20(24)29/h1-8,13H,9-12H2,(H2,24,29)(H,25,26,27). The number of nitrogens with one attached hydrogen (secondary N) is 1. The number of halogens is 1. The molecule has 2 heterocycles. The van der Waals surface area contributed by atoms with Crippen LogP contribution < -0.4 is 11.1 Å². The Kier molecular flexibility index (Phi) is 5.85. The Hall–Kier alpha value is -3.85. The van der Waals surface area contributed by atoms with E-state index in [0.29, 0.717) is 43.2 Å². The van der Waals surface area contributed by atoms with Gasteiger partial charge >= 0.3 is 0 Å². The predicted molar refractivity (Wildman–Crippen MR) is 112 cm³/mol. The van der Waals surface area contributed by atoms with Crippen LogP contribution in [0.1, 0.15) is 20.7 Å². The number of amides is 2. The van der Waals surface area contributed by atoms with Crippen LogP contribution in [0.15, 0.2) is 54.7 Å². The molecule has 2 aromatic carbocycles. The molecular formula is C22H20FN5O3. The van der Waals surface area contributed by atoms with E-state index >= 15 is 0 Å². The van der Waals surface area contributed by atoms with Crippen LogP contribution in [0.4, 0.5) is 16.0 Å². The number of anilines is 2. The van der Waals surface area contributed by atoms with Gasteiger partial charge in [-0.25, -0.2) is 14.4 Å². The first kappa shape index (κ1) is 20.4. The maximum Gasteiger partial charge on any atom is 0.256 e. The lowest BCUT2D eigenvalue weighted by Crippen LogP contribution is -2.41. The van der Waals surface area contributed by atoms with Crippen LogP contribution in [0, 0.1) is 5.82 Å². The molecule has 3 aromatic rings. The zero-order valence-electron chi connectivity index (χ0n) is 16.5. The van der Waals surface area contributed by atoms with Gasteiger partial charge in [0.25, 0.3) is 5.91 Å². The number of hydrogen-bond donors (Lipinski definition) is 2. The third-order valence-corrected chi connectivity index (χ3v) is 4.87. The van der Waals surface area contributed by atoms with E-state index in [-0.39, 0.29) is 17.4 Å². The van der Waals surface area contributed by atoms with E-state index in [9.17, 15) is 14.0 Å². The van der Waals surface area contributed by atoms with Crippen LogP contribution in [0.3, 0.4) is 0 Å². The summed E-state index contributed by atoms with van der Waals surface area (Å²) in [6.07, 6.45) is 1.57. The van der Waals surface area contributed by atoms with Crippen molar-refractivity contribution >= 4 is 23.5 Å². The summed E-state index contributed by atoms with van der Waals surface area (Å²) in [5.41, 5.74) is 7.48. The molecule has 0 atom stereocenters. The van der Waals surface area contributed by atoms with Crippen molar-refractivity contribution in [3.63, 3.8) is 0 Å². The van der Waals surface area contributed by atoms with E-state index in [1.807, 2.05) is 0 Å². The average molecular weight is 421 g/mol. The molecule has 3 N–H and O–H groups in total. The zero-order valence-corrected chi connectivity index (χ0v) is 16.5. The second kappa shape index (κ2) is 8.88. The minimum absolute atomic E-state index is 0.0108. The lowest BCUT2D eigenvalue weighted by molar-refractivity contribution is 0.0300. The maximum atomic E-state index is 14.6. The molecule has 31 heavy (non-hydrogen) atoms. The van der Waals surface area contributed by atoms with Gasteiger partial charge in [-0.3, -0.25) is 9.59 Å². The van der Waals surface area contributed by atoms with E-state index in [1.54, 1.807) is 47.5 Å². The van der Waals surface area contributed by atoms with Crippen LogP contribution in [-0.2, 0) is 4.74 Å². The van der Waals surface area contributed by atoms with E-state index in [0.717, 1.165) is 5.56 Å². The van der Waals surface area contributed by atoms with Crippen molar-refractivity contribution in [3.8, 4) is 11.3 Å². The van der Waals surface area contributed by atoms with Crippen molar-refractivity contribution in [2.45, 2.75) is 0 Å². The molecule has 0 radical (unpaired) electrons. The lowest BCUT2D eigenvalue weighted by atomic mass is 10.1. The molecule has 158 valence electrons. The number of benzene rings is 2. The lowest BCUT2D eigenvalue weighted by Gasteiger charge is -2.27. The summed E-state index contributed by atoms with van der Waals surface area (Å²) in [6.45, 7) is 1.79.